The zero-order chi connectivity index (χ0) is 25.2. The molecular weight excluding hydrogens is 433 g/mol. The van der Waals surface area contributed by atoms with Gasteiger partial charge < -0.3 is 9.84 Å². The third-order valence-electron chi connectivity index (χ3n) is 6.74. The molecule has 1 aliphatic rings. The smallest absolute Gasteiger partial charge is 0.442 e. The molecule has 0 spiro atoms. The number of halogens is 3. The van der Waals surface area contributed by atoms with Gasteiger partial charge in [0.2, 0.25) is 0 Å². The van der Waals surface area contributed by atoms with Crippen LogP contribution in [0.3, 0.4) is 0 Å². The molecule has 0 amide bonds. The Hall–Kier alpha value is -2.22. The summed E-state index contributed by atoms with van der Waals surface area (Å²) >= 11 is 0. The van der Waals surface area contributed by atoms with Crippen LogP contribution in [-0.4, -0.2) is 30.5 Å². The number of methoxy groups -OCH3 is 1. The molecule has 0 aromatic heterocycles. The highest BCUT2D eigenvalue weighted by molar-refractivity contribution is 5.74. The minimum atomic E-state index is -4.57. The summed E-state index contributed by atoms with van der Waals surface area (Å²) in [7, 11) is 1.30. The molecule has 1 aromatic rings. The van der Waals surface area contributed by atoms with Crippen molar-refractivity contribution in [1.29, 1.82) is 0 Å². The highest BCUT2D eigenvalue weighted by Gasteiger charge is 2.65. The first kappa shape index (κ1) is 27.0. The van der Waals surface area contributed by atoms with Crippen LogP contribution >= 0.6 is 0 Å². The van der Waals surface area contributed by atoms with Crippen LogP contribution in [0.15, 0.2) is 46.6 Å². The number of esters is 1. The van der Waals surface area contributed by atoms with E-state index in [1.54, 1.807) is 12.1 Å². The van der Waals surface area contributed by atoms with Crippen molar-refractivity contribution in [3.05, 3.63) is 47.5 Å². The van der Waals surface area contributed by atoms with Gasteiger partial charge in [0.25, 0.3) is 0 Å². The van der Waals surface area contributed by atoms with Crippen molar-refractivity contribution in [3.8, 4) is 0 Å². The van der Waals surface area contributed by atoms with E-state index in [4.69, 9.17) is 4.74 Å². The van der Waals surface area contributed by atoms with Crippen LogP contribution in [0.2, 0.25) is 0 Å². The number of aliphatic hydroxyl groups is 1. The van der Waals surface area contributed by atoms with Crippen LogP contribution in [0, 0.1) is 16.7 Å². The number of allylic oxidation sites excluding steroid dienone is 1. The second-order valence-electron chi connectivity index (χ2n) is 10.2. The van der Waals surface area contributed by atoms with Crippen molar-refractivity contribution >= 4 is 5.97 Å². The Kier molecular flexibility index (Phi) is 7.83. The summed E-state index contributed by atoms with van der Waals surface area (Å²) in [5.41, 5.74) is -1.47. The molecule has 0 saturated heterocycles. The number of carbonyl (C=O) groups is 1. The van der Waals surface area contributed by atoms with Crippen LogP contribution in [0.4, 0.5) is 13.2 Å². The van der Waals surface area contributed by atoms with Gasteiger partial charge in [-0.05, 0) is 42.1 Å². The molecule has 1 aliphatic heterocycles. The minimum Gasteiger partial charge on any atom is -0.469 e. The number of hydrogen-bond acceptors (Lipinski definition) is 5. The Labute approximate surface area is 194 Å². The van der Waals surface area contributed by atoms with Gasteiger partial charge in [-0.2, -0.15) is 13.2 Å². The first-order valence-corrected chi connectivity index (χ1v) is 11.2. The van der Waals surface area contributed by atoms with E-state index in [1.165, 1.54) is 19.2 Å². The second kappa shape index (κ2) is 9.57. The van der Waals surface area contributed by atoms with Gasteiger partial charge in [-0.1, -0.05) is 71.0 Å². The van der Waals surface area contributed by atoms with E-state index in [-0.39, 0.29) is 17.4 Å². The average molecular weight is 469 g/mol. The maximum atomic E-state index is 13.2. The van der Waals surface area contributed by atoms with Crippen molar-refractivity contribution in [2.45, 2.75) is 78.2 Å². The van der Waals surface area contributed by atoms with Crippen molar-refractivity contribution in [2.75, 3.05) is 7.11 Å². The van der Waals surface area contributed by atoms with Gasteiger partial charge >= 0.3 is 17.8 Å². The first-order valence-electron chi connectivity index (χ1n) is 11.2. The zero-order valence-electron chi connectivity index (χ0n) is 20.3. The van der Waals surface area contributed by atoms with E-state index in [0.29, 0.717) is 12.8 Å². The van der Waals surface area contributed by atoms with E-state index in [0.717, 1.165) is 17.6 Å². The molecule has 1 aromatic carbocycles. The summed E-state index contributed by atoms with van der Waals surface area (Å²) in [5.74, 6) is -1.24. The molecule has 5 nitrogen and oxygen atoms in total. The van der Waals surface area contributed by atoms with E-state index in [2.05, 4.69) is 30.7 Å². The van der Waals surface area contributed by atoms with Gasteiger partial charge in [-0.15, -0.1) is 10.2 Å². The van der Waals surface area contributed by atoms with Gasteiger partial charge in [0.15, 0.2) is 0 Å². The van der Waals surface area contributed by atoms with Crippen molar-refractivity contribution in [1.82, 2.24) is 0 Å². The van der Waals surface area contributed by atoms with Gasteiger partial charge in [-0.25, -0.2) is 0 Å². The maximum absolute atomic E-state index is 13.2. The number of aliphatic hydroxyl groups excluding tert-OH is 1. The molecule has 0 saturated carbocycles. The van der Waals surface area contributed by atoms with E-state index < -0.39 is 35.2 Å². The second-order valence-corrected chi connectivity index (χ2v) is 10.2. The third-order valence-corrected chi connectivity index (χ3v) is 6.74. The normalized spacial score (nSPS) is 17.4. The number of rotatable bonds is 11. The average Bonchev–Trinajstić information content (AvgIpc) is 3.53. The summed E-state index contributed by atoms with van der Waals surface area (Å²) in [6, 6.07) is 5.86. The van der Waals surface area contributed by atoms with Gasteiger partial charge in [0, 0.05) is 5.56 Å². The van der Waals surface area contributed by atoms with Crippen LogP contribution in [0.5, 0.6) is 0 Å². The van der Waals surface area contributed by atoms with E-state index >= 15 is 0 Å². The predicted octanol–water partition coefficient (Wildman–Crippen LogP) is 6.36. The van der Waals surface area contributed by atoms with Crippen molar-refractivity contribution in [2.24, 2.45) is 27.0 Å². The lowest BCUT2D eigenvalue weighted by Crippen LogP contribution is -2.43. The lowest BCUT2D eigenvalue weighted by atomic mass is 9.64. The van der Waals surface area contributed by atoms with E-state index in [9.17, 15) is 23.1 Å². The van der Waals surface area contributed by atoms with Crippen LogP contribution in [0.25, 0.3) is 0 Å². The largest absolute Gasteiger partial charge is 0.469 e. The SMILES string of the molecule is C=C(CC)C(C)(C)CC(C)(C)C(C(=O)OC)C(O)CCc1ccc(C2(C(F)(F)F)N=N2)cc1. The Morgan fingerprint density at radius 3 is 2.12 bits per heavy atom. The molecule has 0 aliphatic carbocycles. The number of hydrogen-bond donors (Lipinski definition) is 1. The standard InChI is InChI=1S/C25H35F3N2O3/c1-8-16(2)22(3,4)15-23(5,6)20(21(32)33-7)19(31)14-11-17-9-12-18(13-10-17)24(29-30-24)25(26,27)28/h9-10,12-13,19-20,31H,2,8,11,14-15H2,1,3-7H3. The fraction of sp³-hybridized carbons (Fsp3) is 0.640. The molecule has 2 unspecified atom stereocenters. The first-order chi connectivity index (χ1) is 15.1. The number of ether oxygens (including phenoxy) is 1. The monoisotopic (exact) mass is 468 g/mol. The van der Waals surface area contributed by atoms with E-state index in [1.807, 2.05) is 20.8 Å². The van der Waals surface area contributed by atoms with Crippen LogP contribution < -0.4 is 0 Å². The lowest BCUT2D eigenvalue weighted by molar-refractivity contribution is -0.166. The maximum Gasteiger partial charge on any atom is 0.442 e. The molecule has 0 fully saturated rings. The van der Waals surface area contributed by atoms with Crippen LogP contribution in [0.1, 0.15) is 65.0 Å². The molecule has 0 radical (unpaired) electrons. The topological polar surface area (TPSA) is 71.2 Å². The fourth-order valence-electron chi connectivity index (χ4n) is 4.80. The predicted molar refractivity (Wildman–Crippen MR) is 120 cm³/mol. The molecule has 0 bridgehead atoms. The molecule has 33 heavy (non-hydrogen) atoms. The number of benzene rings is 1. The third kappa shape index (κ3) is 5.83. The zero-order valence-corrected chi connectivity index (χ0v) is 20.3. The van der Waals surface area contributed by atoms with Gasteiger partial charge in [0.1, 0.15) is 0 Å². The number of carbonyl (C=O) groups excluding carboxylic acids is 1. The van der Waals surface area contributed by atoms with Gasteiger partial charge in [-0.3, -0.25) is 4.79 Å². The van der Waals surface area contributed by atoms with Crippen molar-refractivity contribution in [3.63, 3.8) is 0 Å². The number of aryl methyl sites for hydroxylation is 1. The molecule has 184 valence electrons. The lowest BCUT2D eigenvalue weighted by Gasteiger charge is -2.41. The van der Waals surface area contributed by atoms with Gasteiger partial charge in [0.05, 0.1) is 19.1 Å². The quantitative estimate of drug-likeness (QED) is 0.303. The Balaban J connectivity index is 2.12. The van der Waals surface area contributed by atoms with Crippen molar-refractivity contribution < 1.29 is 27.8 Å². The summed E-state index contributed by atoms with van der Waals surface area (Å²) in [6.45, 7) is 14.2. The molecule has 1 N–H and O–H groups in total. The molecule has 2 rings (SSSR count). The summed E-state index contributed by atoms with van der Waals surface area (Å²) < 4.78 is 44.5. The highest BCUT2D eigenvalue weighted by Crippen LogP contribution is 2.52. The van der Waals surface area contributed by atoms with Crippen LogP contribution in [-0.2, 0) is 21.6 Å². The number of alkyl halides is 3. The molecule has 1 heterocycles. The highest BCUT2D eigenvalue weighted by atomic mass is 19.4. The Bertz CT molecular complexity index is 883. The molecule has 2 atom stereocenters. The summed E-state index contributed by atoms with van der Waals surface area (Å²) in [5, 5.41) is 17.4. The number of nitrogens with zero attached hydrogens (tertiary/aromatic N) is 2. The minimum absolute atomic E-state index is 0.0359. The Morgan fingerprint density at radius 2 is 1.70 bits per heavy atom. The molecule has 8 heteroatoms. The summed E-state index contributed by atoms with van der Waals surface area (Å²) in [4.78, 5) is 12.7. The summed E-state index contributed by atoms with van der Waals surface area (Å²) in [6.07, 6.45) is -3.44. The fourth-order valence-corrected chi connectivity index (χ4v) is 4.80. The molecular formula is C25H35F3N2O3. The Morgan fingerprint density at radius 1 is 1.15 bits per heavy atom.